The lowest BCUT2D eigenvalue weighted by Crippen LogP contribution is -2.22. The van der Waals surface area contributed by atoms with Gasteiger partial charge in [0.2, 0.25) is 0 Å². The number of hydrogen-bond donors (Lipinski definition) is 4. The Hall–Kier alpha value is -2.04. The zero-order valence-electron chi connectivity index (χ0n) is 17.5. The molecule has 5 nitrogen and oxygen atoms in total. The van der Waals surface area contributed by atoms with Crippen molar-refractivity contribution in [3.05, 3.63) is 29.8 Å². The van der Waals surface area contributed by atoms with E-state index in [0.29, 0.717) is 12.8 Å². The maximum Gasteiger partial charge on any atom is 0.306 e. The number of benzene rings is 1. The molecule has 0 saturated heterocycles. The topological polar surface area (TPSA) is 99.2 Å². The van der Waals surface area contributed by atoms with Crippen LogP contribution in [-0.2, 0) is 11.2 Å². The number of para-hydroxylation sites is 1. The fourth-order valence-corrected chi connectivity index (χ4v) is 3.60. The number of guanidine groups is 1. The average molecular weight is 390 g/mol. The standard InChI is InChI=1S/C23H39N3O2/c1-2-3-4-5-6-7-8-9-10-11-12-16-20(22(27)28)18-19-15-13-14-17-21(19)26-23(24)25/h13-15,17,20H,2-12,16,18H2,1H3,(H,27,28)(H4,24,25,26). The van der Waals surface area contributed by atoms with Gasteiger partial charge in [-0.05, 0) is 24.5 Å². The Labute approximate surface area is 170 Å². The lowest BCUT2D eigenvalue weighted by Gasteiger charge is -2.16. The molecule has 0 bridgehead atoms. The Morgan fingerprint density at radius 3 is 2.07 bits per heavy atom. The van der Waals surface area contributed by atoms with Gasteiger partial charge in [0, 0.05) is 5.69 Å². The van der Waals surface area contributed by atoms with Crippen molar-refractivity contribution in [2.75, 3.05) is 5.32 Å². The van der Waals surface area contributed by atoms with E-state index in [1.54, 1.807) is 0 Å². The zero-order valence-corrected chi connectivity index (χ0v) is 17.5. The van der Waals surface area contributed by atoms with Gasteiger partial charge in [-0.2, -0.15) is 0 Å². The number of nitrogens with two attached hydrogens (primary N) is 1. The summed E-state index contributed by atoms with van der Waals surface area (Å²) in [5.74, 6) is -1.28. The van der Waals surface area contributed by atoms with E-state index in [2.05, 4.69) is 12.2 Å². The first kappa shape index (κ1) is 24.0. The Morgan fingerprint density at radius 2 is 1.54 bits per heavy atom. The number of carbonyl (C=O) groups is 1. The highest BCUT2D eigenvalue weighted by Gasteiger charge is 2.19. The second-order valence-corrected chi connectivity index (χ2v) is 7.76. The van der Waals surface area contributed by atoms with Crippen LogP contribution in [0.3, 0.4) is 0 Å². The van der Waals surface area contributed by atoms with Crippen molar-refractivity contribution in [2.45, 2.75) is 90.4 Å². The second kappa shape index (κ2) is 14.9. The van der Waals surface area contributed by atoms with Gasteiger partial charge in [0.25, 0.3) is 0 Å². The molecule has 0 aliphatic heterocycles. The molecule has 158 valence electrons. The molecule has 0 aromatic heterocycles. The fourth-order valence-electron chi connectivity index (χ4n) is 3.60. The third-order valence-electron chi connectivity index (χ3n) is 5.26. The molecule has 1 unspecified atom stereocenters. The molecule has 28 heavy (non-hydrogen) atoms. The quantitative estimate of drug-likeness (QED) is 0.160. The molecule has 0 aliphatic rings. The summed E-state index contributed by atoms with van der Waals surface area (Å²) >= 11 is 0. The van der Waals surface area contributed by atoms with Crippen molar-refractivity contribution in [1.82, 2.24) is 0 Å². The molecule has 1 aromatic carbocycles. The molecule has 1 rings (SSSR count). The molecule has 0 amide bonds. The Balaban J connectivity index is 2.26. The lowest BCUT2D eigenvalue weighted by molar-refractivity contribution is -0.142. The SMILES string of the molecule is CCCCCCCCCCCCCC(Cc1ccccc1NC(=N)N)C(=O)O. The van der Waals surface area contributed by atoms with Gasteiger partial charge in [-0.1, -0.05) is 95.8 Å². The molecule has 5 N–H and O–H groups in total. The molecule has 0 aliphatic carbocycles. The monoisotopic (exact) mass is 389 g/mol. The van der Waals surface area contributed by atoms with E-state index in [1.807, 2.05) is 24.3 Å². The van der Waals surface area contributed by atoms with Crippen LogP contribution >= 0.6 is 0 Å². The number of carboxylic acids is 1. The summed E-state index contributed by atoms with van der Waals surface area (Å²) in [5.41, 5.74) is 7.04. The van der Waals surface area contributed by atoms with Gasteiger partial charge in [0.05, 0.1) is 5.92 Å². The average Bonchev–Trinajstić information content (AvgIpc) is 2.65. The van der Waals surface area contributed by atoms with Crippen LogP contribution in [0.4, 0.5) is 5.69 Å². The van der Waals surface area contributed by atoms with E-state index in [-0.39, 0.29) is 5.96 Å². The summed E-state index contributed by atoms with van der Waals surface area (Å²) < 4.78 is 0. The molecule has 0 radical (unpaired) electrons. The van der Waals surface area contributed by atoms with Crippen LogP contribution in [0.15, 0.2) is 24.3 Å². The highest BCUT2D eigenvalue weighted by Crippen LogP contribution is 2.23. The number of aliphatic carboxylic acids is 1. The predicted octanol–water partition coefficient (Wildman–Crippen LogP) is 5.94. The highest BCUT2D eigenvalue weighted by molar-refractivity contribution is 5.90. The van der Waals surface area contributed by atoms with E-state index in [0.717, 1.165) is 24.1 Å². The van der Waals surface area contributed by atoms with Crippen LogP contribution in [0.1, 0.15) is 89.5 Å². The molecule has 1 aromatic rings. The molecule has 0 fully saturated rings. The van der Waals surface area contributed by atoms with E-state index in [9.17, 15) is 9.90 Å². The lowest BCUT2D eigenvalue weighted by atomic mass is 9.92. The van der Waals surface area contributed by atoms with Crippen molar-refractivity contribution in [1.29, 1.82) is 5.41 Å². The molecule has 1 atom stereocenters. The summed E-state index contributed by atoms with van der Waals surface area (Å²) in [7, 11) is 0. The first-order chi connectivity index (χ1) is 13.5. The first-order valence-electron chi connectivity index (χ1n) is 11.0. The Bertz CT molecular complexity index is 575. The minimum absolute atomic E-state index is 0.135. The number of anilines is 1. The number of hydrogen-bond acceptors (Lipinski definition) is 2. The van der Waals surface area contributed by atoms with Crippen LogP contribution in [-0.4, -0.2) is 17.0 Å². The summed E-state index contributed by atoms with van der Waals surface area (Å²) in [6.07, 6.45) is 15.1. The molecule has 0 saturated carbocycles. The van der Waals surface area contributed by atoms with Gasteiger partial charge in [0.15, 0.2) is 5.96 Å². The van der Waals surface area contributed by atoms with Crippen LogP contribution in [0.5, 0.6) is 0 Å². The van der Waals surface area contributed by atoms with E-state index >= 15 is 0 Å². The number of rotatable bonds is 16. The van der Waals surface area contributed by atoms with Crippen molar-refractivity contribution in [2.24, 2.45) is 11.7 Å². The number of carboxylic acid groups (broad SMARTS) is 1. The van der Waals surface area contributed by atoms with Gasteiger partial charge in [-0.3, -0.25) is 10.2 Å². The van der Waals surface area contributed by atoms with E-state index in [4.69, 9.17) is 11.1 Å². The van der Waals surface area contributed by atoms with Gasteiger partial charge in [0.1, 0.15) is 0 Å². The predicted molar refractivity (Wildman–Crippen MR) is 118 cm³/mol. The van der Waals surface area contributed by atoms with Crippen molar-refractivity contribution < 1.29 is 9.90 Å². The van der Waals surface area contributed by atoms with Crippen LogP contribution in [0.25, 0.3) is 0 Å². The normalized spacial score (nSPS) is 11.9. The van der Waals surface area contributed by atoms with Crippen molar-refractivity contribution in [3.63, 3.8) is 0 Å². The Kier molecular flexibility index (Phi) is 12.8. The minimum atomic E-state index is -0.746. The first-order valence-corrected chi connectivity index (χ1v) is 11.0. The van der Waals surface area contributed by atoms with Crippen molar-refractivity contribution in [3.8, 4) is 0 Å². The summed E-state index contributed by atoms with van der Waals surface area (Å²) in [4.78, 5) is 11.7. The fraction of sp³-hybridized carbons (Fsp3) is 0.652. The van der Waals surface area contributed by atoms with Gasteiger partial charge >= 0.3 is 5.97 Å². The number of unbranched alkanes of at least 4 members (excludes halogenated alkanes) is 10. The minimum Gasteiger partial charge on any atom is -0.481 e. The smallest absolute Gasteiger partial charge is 0.306 e. The summed E-state index contributed by atoms with van der Waals surface area (Å²) in [6.45, 7) is 2.25. The van der Waals surface area contributed by atoms with Crippen LogP contribution in [0.2, 0.25) is 0 Å². The maximum absolute atomic E-state index is 11.7. The zero-order chi connectivity index (χ0) is 20.6. The van der Waals surface area contributed by atoms with Crippen LogP contribution in [0, 0.1) is 11.3 Å². The molecule has 0 heterocycles. The third kappa shape index (κ3) is 11.0. The highest BCUT2D eigenvalue weighted by atomic mass is 16.4. The van der Waals surface area contributed by atoms with E-state index in [1.165, 1.54) is 57.8 Å². The van der Waals surface area contributed by atoms with E-state index < -0.39 is 11.9 Å². The number of nitrogens with one attached hydrogen (secondary N) is 2. The Morgan fingerprint density at radius 1 is 1.00 bits per heavy atom. The van der Waals surface area contributed by atoms with Gasteiger partial charge in [-0.25, -0.2) is 0 Å². The molecule has 5 heteroatoms. The summed E-state index contributed by atoms with van der Waals surface area (Å²) in [6, 6.07) is 7.48. The maximum atomic E-state index is 11.7. The molecule has 0 spiro atoms. The summed E-state index contributed by atoms with van der Waals surface area (Å²) in [5, 5.41) is 19.8. The van der Waals surface area contributed by atoms with Crippen LogP contribution < -0.4 is 11.1 Å². The van der Waals surface area contributed by atoms with Gasteiger partial charge in [-0.15, -0.1) is 0 Å². The molecular formula is C23H39N3O2. The third-order valence-corrected chi connectivity index (χ3v) is 5.26. The van der Waals surface area contributed by atoms with Crippen molar-refractivity contribution >= 4 is 17.6 Å². The second-order valence-electron chi connectivity index (χ2n) is 7.76. The molecular weight excluding hydrogens is 350 g/mol. The largest absolute Gasteiger partial charge is 0.481 e. The van der Waals surface area contributed by atoms with Gasteiger partial charge < -0.3 is 16.2 Å².